The largest absolute Gasteiger partial charge is 0.383 e. The number of carbonyl (C=O) groups excluding carboxylic acids is 1. The molecule has 1 atom stereocenters. The van der Waals surface area contributed by atoms with E-state index in [0.717, 1.165) is 30.3 Å². The van der Waals surface area contributed by atoms with E-state index >= 15 is 0 Å². The Morgan fingerprint density at radius 2 is 2.21 bits per heavy atom. The number of amides is 1. The average Bonchev–Trinajstić information content (AvgIpc) is 2.97. The molecule has 1 saturated carbocycles. The van der Waals surface area contributed by atoms with Gasteiger partial charge in [-0.05, 0) is 50.5 Å². The number of aliphatic hydroxyl groups is 1. The van der Waals surface area contributed by atoms with Gasteiger partial charge in [-0.3, -0.25) is 15.1 Å². The van der Waals surface area contributed by atoms with Crippen LogP contribution in [0.3, 0.4) is 0 Å². The summed E-state index contributed by atoms with van der Waals surface area (Å²) in [7, 11) is 0. The fraction of sp³-hybridized carbons (Fsp3) is 0.333. The molecule has 1 fully saturated rings. The van der Waals surface area contributed by atoms with E-state index in [1.165, 1.54) is 0 Å². The summed E-state index contributed by atoms with van der Waals surface area (Å²) in [5.41, 5.74) is 1.20. The molecule has 1 aromatic carbocycles. The van der Waals surface area contributed by atoms with Gasteiger partial charge in [0.1, 0.15) is 5.60 Å². The summed E-state index contributed by atoms with van der Waals surface area (Å²) in [6.45, 7) is 8.82. The number of benzene rings is 1. The lowest BCUT2D eigenvalue weighted by molar-refractivity contribution is -0.121. The highest BCUT2D eigenvalue weighted by atomic mass is 16.3. The van der Waals surface area contributed by atoms with Gasteiger partial charge in [0.15, 0.2) is 5.69 Å². The van der Waals surface area contributed by atoms with Crippen LogP contribution in [0.4, 0.5) is 11.6 Å². The fourth-order valence-corrected chi connectivity index (χ4v) is 3.51. The molecule has 2 heterocycles. The van der Waals surface area contributed by atoms with Gasteiger partial charge in [0.05, 0.1) is 29.7 Å². The zero-order valence-electron chi connectivity index (χ0n) is 15.6. The number of anilines is 1. The summed E-state index contributed by atoms with van der Waals surface area (Å²) < 4.78 is 2.01. The number of pyridine rings is 1. The molecule has 1 aliphatic carbocycles. The van der Waals surface area contributed by atoms with E-state index in [0.29, 0.717) is 17.3 Å². The second-order valence-electron chi connectivity index (χ2n) is 7.39. The molecule has 0 aliphatic heterocycles. The molecule has 2 N–H and O–H groups in total. The van der Waals surface area contributed by atoms with Crippen molar-refractivity contribution in [1.82, 2.24) is 14.5 Å². The highest BCUT2D eigenvalue weighted by molar-refractivity contribution is 5.92. The van der Waals surface area contributed by atoms with Crippen LogP contribution in [0.1, 0.15) is 44.3 Å². The third-order valence-electron chi connectivity index (χ3n) is 5.21. The molecule has 0 saturated heterocycles. The van der Waals surface area contributed by atoms with Crippen molar-refractivity contribution in [2.24, 2.45) is 0 Å². The lowest BCUT2D eigenvalue weighted by Gasteiger charge is -2.29. The molecular weight excluding hydrogens is 354 g/mol. The van der Waals surface area contributed by atoms with Crippen molar-refractivity contribution in [3.8, 4) is 0 Å². The van der Waals surface area contributed by atoms with Gasteiger partial charge in [0, 0.05) is 12.2 Å². The van der Waals surface area contributed by atoms with Gasteiger partial charge in [-0.1, -0.05) is 12.1 Å². The number of nitrogens with one attached hydrogen (secondary N) is 1. The number of nitrogens with zero attached hydrogens (tertiary/aromatic N) is 4. The summed E-state index contributed by atoms with van der Waals surface area (Å²) in [6, 6.07) is 10.8. The topological polar surface area (TPSA) is 84.4 Å². The third kappa shape index (κ3) is 3.35. The zero-order valence-corrected chi connectivity index (χ0v) is 15.6. The normalized spacial score (nSPS) is 16.2. The summed E-state index contributed by atoms with van der Waals surface area (Å²) in [5, 5.41) is 13.6. The summed E-state index contributed by atoms with van der Waals surface area (Å²) in [5.74, 6) is 0.126. The number of rotatable bonds is 5. The number of hydrogen-bond acceptors (Lipinski definition) is 4. The minimum atomic E-state index is -1.38. The first-order valence-corrected chi connectivity index (χ1v) is 9.31. The number of hydrogen-bond donors (Lipinski definition) is 2. The maximum Gasteiger partial charge on any atom is 0.229 e. The summed E-state index contributed by atoms with van der Waals surface area (Å²) in [6.07, 6.45) is 4.62. The van der Waals surface area contributed by atoms with Gasteiger partial charge in [0.2, 0.25) is 11.9 Å². The van der Waals surface area contributed by atoms with Crippen LogP contribution >= 0.6 is 0 Å². The summed E-state index contributed by atoms with van der Waals surface area (Å²) >= 11 is 0. The first kappa shape index (κ1) is 18.1. The second-order valence-corrected chi connectivity index (χ2v) is 7.39. The Bertz CT molecular complexity index is 1060. The van der Waals surface area contributed by atoms with Crippen LogP contribution in [-0.2, 0) is 10.4 Å². The van der Waals surface area contributed by atoms with Crippen LogP contribution in [0.2, 0.25) is 0 Å². The van der Waals surface area contributed by atoms with E-state index in [-0.39, 0.29) is 18.4 Å². The van der Waals surface area contributed by atoms with Crippen LogP contribution in [-0.4, -0.2) is 25.5 Å². The van der Waals surface area contributed by atoms with Crippen molar-refractivity contribution in [3.63, 3.8) is 0 Å². The Morgan fingerprint density at radius 1 is 1.39 bits per heavy atom. The molecule has 0 unspecified atom stereocenters. The van der Waals surface area contributed by atoms with E-state index in [1.807, 2.05) is 10.6 Å². The van der Waals surface area contributed by atoms with Gasteiger partial charge in [-0.25, -0.2) is 9.83 Å². The van der Waals surface area contributed by atoms with Crippen molar-refractivity contribution in [2.75, 3.05) is 5.32 Å². The third-order valence-corrected chi connectivity index (χ3v) is 5.21. The van der Waals surface area contributed by atoms with E-state index in [1.54, 1.807) is 43.5 Å². The fourth-order valence-electron chi connectivity index (χ4n) is 3.51. The molecule has 1 amide bonds. The Morgan fingerprint density at radius 3 is 2.86 bits per heavy atom. The maximum absolute atomic E-state index is 12.7. The molecular formula is C21H21N5O2. The Kier molecular flexibility index (Phi) is 4.57. The Balaban J connectivity index is 1.62. The Hall–Kier alpha value is -3.24. The number of fused-ring (bicyclic) bond motifs is 1. The second kappa shape index (κ2) is 7.06. The molecule has 1 aliphatic rings. The predicted molar refractivity (Wildman–Crippen MR) is 106 cm³/mol. The minimum absolute atomic E-state index is 0.134. The number of aromatic nitrogens is 3. The lowest BCUT2D eigenvalue weighted by atomic mass is 9.92. The van der Waals surface area contributed by atoms with E-state index < -0.39 is 5.60 Å². The SMILES string of the molecule is [C-]#[N+]c1ccc2nc(NC(=O)C[C@](C)(O)c3ccccn3)n(C3CCC3)c2c1. The molecule has 7 nitrogen and oxygen atoms in total. The smallest absolute Gasteiger partial charge is 0.229 e. The molecule has 0 spiro atoms. The van der Waals surface area contributed by atoms with Gasteiger partial charge in [-0.15, -0.1) is 0 Å². The van der Waals surface area contributed by atoms with Gasteiger partial charge < -0.3 is 9.67 Å². The molecule has 4 rings (SSSR count). The molecule has 0 bridgehead atoms. The number of carbonyl (C=O) groups is 1. The average molecular weight is 375 g/mol. The van der Waals surface area contributed by atoms with Gasteiger partial charge in [0.25, 0.3) is 0 Å². The van der Waals surface area contributed by atoms with Crippen LogP contribution in [0, 0.1) is 6.57 Å². The first-order valence-electron chi connectivity index (χ1n) is 9.31. The minimum Gasteiger partial charge on any atom is -0.383 e. The first-order chi connectivity index (χ1) is 13.5. The zero-order chi connectivity index (χ0) is 19.7. The quantitative estimate of drug-likeness (QED) is 0.662. The molecule has 28 heavy (non-hydrogen) atoms. The number of imidazole rings is 1. The van der Waals surface area contributed by atoms with Gasteiger partial charge in [-0.2, -0.15) is 0 Å². The molecule has 2 aromatic heterocycles. The summed E-state index contributed by atoms with van der Waals surface area (Å²) in [4.78, 5) is 24.9. The molecule has 142 valence electrons. The Labute approximate surface area is 162 Å². The van der Waals surface area contributed by atoms with Crippen molar-refractivity contribution in [2.45, 2.75) is 44.2 Å². The van der Waals surface area contributed by atoms with Crippen molar-refractivity contribution in [1.29, 1.82) is 0 Å². The van der Waals surface area contributed by atoms with Crippen LogP contribution in [0.5, 0.6) is 0 Å². The monoisotopic (exact) mass is 375 g/mol. The molecule has 3 aromatic rings. The standard InChI is InChI=1S/C21H21N5O2/c1-21(28,18-8-3-4-11-23-18)13-19(27)25-20-24-16-10-9-14(22-2)12-17(16)26(20)15-6-5-7-15/h3-4,8-12,15,28H,5-7,13H2,1H3,(H,24,25,27)/t21-/m0/s1. The predicted octanol–water partition coefficient (Wildman–Crippen LogP) is 3.94. The van der Waals surface area contributed by atoms with Crippen molar-refractivity contribution in [3.05, 3.63) is 59.7 Å². The molecule has 0 radical (unpaired) electrons. The van der Waals surface area contributed by atoms with Gasteiger partial charge >= 0.3 is 0 Å². The van der Waals surface area contributed by atoms with Crippen LogP contribution in [0.15, 0.2) is 42.6 Å². The van der Waals surface area contributed by atoms with E-state index in [4.69, 9.17) is 6.57 Å². The highest BCUT2D eigenvalue weighted by Gasteiger charge is 2.30. The lowest BCUT2D eigenvalue weighted by Crippen LogP contribution is -2.30. The van der Waals surface area contributed by atoms with Crippen molar-refractivity contribution < 1.29 is 9.90 Å². The highest BCUT2D eigenvalue weighted by Crippen LogP contribution is 2.38. The van der Waals surface area contributed by atoms with Crippen LogP contribution in [0.25, 0.3) is 15.9 Å². The van der Waals surface area contributed by atoms with E-state index in [9.17, 15) is 9.90 Å². The van der Waals surface area contributed by atoms with Crippen LogP contribution < -0.4 is 5.32 Å². The molecule has 7 heteroatoms. The maximum atomic E-state index is 12.7. The van der Waals surface area contributed by atoms with E-state index in [2.05, 4.69) is 20.1 Å². The van der Waals surface area contributed by atoms with Crippen molar-refractivity contribution >= 4 is 28.6 Å².